The highest BCUT2D eigenvalue weighted by molar-refractivity contribution is 5.25. The number of benzene rings is 1. The summed E-state index contributed by atoms with van der Waals surface area (Å²) in [7, 11) is 0. The second-order valence-corrected chi connectivity index (χ2v) is 5.84. The summed E-state index contributed by atoms with van der Waals surface area (Å²) in [5.41, 5.74) is 6.08. The number of nitrogens with two attached hydrogens (primary N) is 1. The maximum absolute atomic E-state index is 11.1. The molecule has 0 radical (unpaired) electrons. The summed E-state index contributed by atoms with van der Waals surface area (Å²) < 4.78 is 0. The van der Waals surface area contributed by atoms with Crippen LogP contribution in [0.3, 0.4) is 0 Å². The predicted molar refractivity (Wildman–Crippen MR) is 75.2 cm³/mol. The fourth-order valence-corrected chi connectivity index (χ4v) is 3.36. The van der Waals surface area contributed by atoms with Gasteiger partial charge in [0.15, 0.2) is 0 Å². The molecule has 3 N–H and O–H groups in total. The van der Waals surface area contributed by atoms with E-state index in [1.165, 1.54) is 25.7 Å². The van der Waals surface area contributed by atoms with E-state index < -0.39 is 5.60 Å². The van der Waals surface area contributed by atoms with E-state index in [0.717, 1.165) is 18.4 Å². The third kappa shape index (κ3) is 2.32. The zero-order chi connectivity index (χ0) is 13.1. The molecule has 1 aliphatic rings. The lowest BCUT2D eigenvalue weighted by molar-refractivity contribution is -0.0814. The van der Waals surface area contributed by atoms with Gasteiger partial charge in [-0.15, -0.1) is 0 Å². The lowest BCUT2D eigenvalue weighted by Gasteiger charge is -2.45. The third-order valence-electron chi connectivity index (χ3n) is 4.82. The van der Waals surface area contributed by atoms with Crippen molar-refractivity contribution in [1.29, 1.82) is 0 Å². The van der Waals surface area contributed by atoms with Crippen LogP contribution in [-0.2, 0) is 5.60 Å². The average Bonchev–Trinajstić information content (AvgIpc) is 2.66. The fourth-order valence-electron chi connectivity index (χ4n) is 3.36. The van der Waals surface area contributed by atoms with Crippen molar-refractivity contribution < 1.29 is 5.11 Å². The van der Waals surface area contributed by atoms with E-state index in [1.54, 1.807) is 0 Å². The molecule has 1 aromatic rings. The molecule has 2 nitrogen and oxygen atoms in total. The van der Waals surface area contributed by atoms with Gasteiger partial charge in [0.05, 0.1) is 5.60 Å². The first-order valence-electron chi connectivity index (χ1n) is 7.10. The number of hydrogen-bond donors (Lipinski definition) is 2. The van der Waals surface area contributed by atoms with Gasteiger partial charge in [-0.3, -0.25) is 0 Å². The molecule has 0 heterocycles. The van der Waals surface area contributed by atoms with Gasteiger partial charge in [-0.25, -0.2) is 0 Å². The van der Waals surface area contributed by atoms with Crippen LogP contribution < -0.4 is 5.73 Å². The molecule has 0 bridgehead atoms. The molecule has 1 fully saturated rings. The number of rotatable bonds is 3. The second kappa shape index (κ2) is 5.41. The molecular weight excluding hydrogens is 222 g/mol. The van der Waals surface area contributed by atoms with Gasteiger partial charge in [-0.05, 0) is 25.3 Å². The zero-order valence-electron chi connectivity index (χ0n) is 11.4. The summed E-state index contributed by atoms with van der Waals surface area (Å²) in [4.78, 5) is 0. The number of aliphatic hydroxyl groups is 1. The van der Waals surface area contributed by atoms with Gasteiger partial charge < -0.3 is 10.8 Å². The molecule has 2 heteroatoms. The van der Waals surface area contributed by atoms with Crippen molar-refractivity contribution in [2.24, 2.45) is 11.1 Å². The Morgan fingerprint density at radius 3 is 2.17 bits per heavy atom. The van der Waals surface area contributed by atoms with Crippen molar-refractivity contribution in [3.63, 3.8) is 0 Å². The fraction of sp³-hybridized carbons (Fsp3) is 0.625. The summed E-state index contributed by atoms with van der Waals surface area (Å²) in [5, 5.41) is 11.1. The van der Waals surface area contributed by atoms with Gasteiger partial charge in [0.25, 0.3) is 0 Å². The van der Waals surface area contributed by atoms with Crippen molar-refractivity contribution in [1.82, 2.24) is 0 Å². The van der Waals surface area contributed by atoms with Gasteiger partial charge in [-0.1, -0.05) is 56.0 Å². The van der Waals surface area contributed by atoms with Gasteiger partial charge >= 0.3 is 0 Å². The summed E-state index contributed by atoms with van der Waals surface area (Å²) in [6.45, 7) is 2.51. The van der Waals surface area contributed by atoms with E-state index in [4.69, 9.17) is 5.73 Å². The lowest BCUT2D eigenvalue weighted by Crippen LogP contribution is -2.48. The van der Waals surface area contributed by atoms with Crippen LogP contribution in [0.15, 0.2) is 30.3 Å². The van der Waals surface area contributed by atoms with E-state index >= 15 is 0 Å². The maximum atomic E-state index is 11.1. The van der Waals surface area contributed by atoms with E-state index in [0.29, 0.717) is 6.54 Å². The first-order chi connectivity index (χ1) is 8.62. The van der Waals surface area contributed by atoms with Crippen LogP contribution in [0.25, 0.3) is 0 Å². The Morgan fingerprint density at radius 1 is 1.11 bits per heavy atom. The van der Waals surface area contributed by atoms with Crippen molar-refractivity contribution >= 4 is 0 Å². The Labute approximate surface area is 110 Å². The molecule has 1 unspecified atom stereocenters. The largest absolute Gasteiger partial charge is 0.385 e. The Kier molecular flexibility index (Phi) is 4.08. The zero-order valence-corrected chi connectivity index (χ0v) is 11.4. The standard InChI is InChI=1S/C16H25NO/c1-15(18,14-9-5-4-6-10-14)16(13-17)11-7-2-3-8-12-16/h4-6,9-10,18H,2-3,7-8,11-13,17H2,1H3. The summed E-state index contributed by atoms with van der Waals surface area (Å²) >= 11 is 0. The summed E-state index contributed by atoms with van der Waals surface area (Å²) in [6, 6.07) is 10.0. The van der Waals surface area contributed by atoms with Crippen LogP contribution in [0.4, 0.5) is 0 Å². The average molecular weight is 247 g/mol. The van der Waals surface area contributed by atoms with Crippen LogP contribution in [-0.4, -0.2) is 11.7 Å². The van der Waals surface area contributed by atoms with Crippen LogP contribution in [0.5, 0.6) is 0 Å². The SMILES string of the molecule is CC(O)(c1ccccc1)C1(CN)CCCCCC1. The molecule has 2 rings (SSSR count). The minimum Gasteiger partial charge on any atom is -0.385 e. The van der Waals surface area contributed by atoms with E-state index in [-0.39, 0.29) is 5.41 Å². The van der Waals surface area contributed by atoms with Gasteiger partial charge in [0.2, 0.25) is 0 Å². The van der Waals surface area contributed by atoms with Crippen molar-refractivity contribution in [2.45, 2.75) is 51.0 Å². The molecular formula is C16H25NO. The minimum atomic E-state index is -0.826. The molecule has 0 aromatic heterocycles. The third-order valence-corrected chi connectivity index (χ3v) is 4.82. The van der Waals surface area contributed by atoms with Crippen molar-refractivity contribution in [2.75, 3.05) is 6.54 Å². The summed E-state index contributed by atoms with van der Waals surface area (Å²) in [6.07, 6.45) is 6.97. The Morgan fingerprint density at radius 2 is 1.67 bits per heavy atom. The summed E-state index contributed by atoms with van der Waals surface area (Å²) in [5.74, 6) is 0. The minimum absolute atomic E-state index is 0.162. The quantitative estimate of drug-likeness (QED) is 0.806. The maximum Gasteiger partial charge on any atom is 0.0936 e. The Balaban J connectivity index is 2.35. The van der Waals surface area contributed by atoms with Crippen molar-refractivity contribution in [3.8, 4) is 0 Å². The van der Waals surface area contributed by atoms with Crippen LogP contribution in [0.2, 0.25) is 0 Å². The highest BCUT2D eigenvalue weighted by Gasteiger charge is 2.46. The molecule has 1 aliphatic carbocycles. The molecule has 18 heavy (non-hydrogen) atoms. The van der Waals surface area contributed by atoms with Crippen molar-refractivity contribution in [3.05, 3.63) is 35.9 Å². The second-order valence-electron chi connectivity index (χ2n) is 5.84. The predicted octanol–water partition coefficient (Wildman–Crippen LogP) is 3.19. The molecule has 100 valence electrons. The highest BCUT2D eigenvalue weighted by Crippen LogP contribution is 2.48. The first-order valence-corrected chi connectivity index (χ1v) is 7.10. The molecule has 0 saturated heterocycles. The molecule has 1 saturated carbocycles. The Bertz CT molecular complexity index is 364. The smallest absolute Gasteiger partial charge is 0.0936 e. The first kappa shape index (κ1) is 13.6. The van der Waals surface area contributed by atoms with Gasteiger partial charge in [0.1, 0.15) is 0 Å². The molecule has 1 atom stereocenters. The molecule has 1 aromatic carbocycles. The van der Waals surface area contributed by atoms with Crippen LogP contribution in [0.1, 0.15) is 51.0 Å². The van der Waals surface area contributed by atoms with Gasteiger partial charge in [0, 0.05) is 12.0 Å². The number of hydrogen-bond acceptors (Lipinski definition) is 2. The monoisotopic (exact) mass is 247 g/mol. The van der Waals surface area contributed by atoms with E-state index in [1.807, 2.05) is 37.3 Å². The molecule has 0 aliphatic heterocycles. The highest BCUT2D eigenvalue weighted by atomic mass is 16.3. The van der Waals surface area contributed by atoms with Crippen LogP contribution >= 0.6 is 0 Å². The normalized spacial score (nSPS) is 23.1. The lowest BCUT2D eigenvalue weighted by atomic mass is 9.65. The van der Waals surface area contributed by atoms with E-state index in [2.05, 4.69) is 0 Å². The van der Waals surface area contributed by atoms with Gasteiger partial charge in [-0.2, -0.15) is 0 Å². The topological polar surface area (TPSA) is 46.2 Å². The molecule has 0 spiro atoms. The molecule has 0 amide bonds. The Hall–Kier alpha value is -0.860. The van der Waals surface area contributed by atoms with Crippen LogP contribution in [0, 0.1) is 5.41 Å². The van der Waals surface area contributed by atoms with E-state index in [9.17, 15) is 5.11 Å².